The molecule has 1 nitrogen and oxygen atoms in total. The van der Waals surface area contributed by atoms with Gasteiger partial charge in [0, 0.05) is 21.9 Å². The van der Waals surface area contributed by atoms with E-state index in [1.165, 1.54) is 128 Å². The number of rotatable bonds is 2. The summed E-state index contributed by atoms with van der Waals surface area (Å²) in [6.07, 6.45) is 7.82. The second-order valence-corrected chi connectivity index (χ2v) is 19.1. The summed E-state index contributed by atoms with van der Waals surface area (Å²) in [6, 6.07) is 65.3. The number of para-hydroxylation sites is 1. The summed E-state index contributed by atoms with van der Waals surface area (Å²) in [7, 11) is 0. The summed E-state index contributed by atoms with van der Waals surface area (Å²) < 4.78 is 2.52. The highest BCUT2D eigenvalue weighted by molar-refractivity contribution is 6.12. The zero-order valence-corrected chi connectivity index (χ0v) is 35.9. The molecule has 1 aromatic heterocycles. The summed E-state index contributed by atoms with van der Waals surface area (Å²) in [4.78, 5) is 0. The number of nitrogens with zero attached hydrogens (tertiary/aromatic N) is 1. The molecular formula is C62H45N. The molecule has 1 heteroatoms. The smallest absolute Gasteiger partial charge is 0.0688 e. The van der Waals surface area contributed by atoms with E-state index in [1.54, 1.807) is 5.57 Å². The van der Waals surface area contributed by atoms with Gasteiger partial charge in [0.15, 0.2) is 0 Å². The van der Waals surface area contributed by atoms with Crippen molar-refractivity contribution in [2.75, 3.05) is 0 Å². The van der Waals surface area contributed by atoms with Crippen LogP contribution in [-0.2, 0) is 17.3 Å². The molecule has 0 N–H and O–H groups in total. The molecular weight excluding hydrogens is 759 g/mol. The molecule has 298 valence electrons. The van der Waals surface area contributed by atoms with Gasteiger partial charge in [-0.3, -0.25) is 0 Å². The van der Waals surface area contributed by atoms with Crippen LogP contribution in [0.5, 0.6) is 0 Å². The van der Waals surface area contributed by atoms with Gasteiger partial charge in [0.25, 0.3) is 0 Å². The molecule has 0 saturated heterocycles. The van der Waals surface area contributed by atoms with Crippen molar-refractivity contribution in [1.29, 1.82) is 0 Å². The molecule has 5 aliphatic carbocycles. The van der Waals surface area contributed by atoms with Crippen molar-refractivity contribution in [3.05, 3.63) is 243 Å². The quantitative estimate of drug-likeness (QED) is 0.164. The summed E-state index contributed by atoms with van der Waals surface area (Å²) in [5.41, 5.74) is 29.7. The lowest BCUT2D eigenvalue weighted by molar-refractivity contribution is 0.661. The van der Waals surface area contributed by atoms with E-state index in [0.717, 1.165) is 19.3 Å². The maximum Gasteiger partial charge on any atom is 0.0688 e. The van der Waals surface area contributed by atoms with Crippen molar-refractivity contribution in [2.24, 2.45) is 0 Å². The Bertz CT molecular complexity index is 3630. The third-order valence-corrected chi connectivity index (χ3v) is 15.7. The van der Waals surface area contributed by atoms with Crippen LogP contribution in [-0.4, -0.2) is 4.57 Å². The zero-order valence-electron chi connectivity index (χ0n) is 35.9. The predicted octanol–water partition coefficient (Wildman–Crippen LogP) is 15.6. The number of hydrogen-bond acceptors (Lipinski definition) is 0. The van der Waals surface area contributed by atoms with Gasteiger partial charge in [0.1, 0.15) is 0 Å². The maximum absolute atomic E-state index is 2.52. The fourth-order valence-electron chi connectivity index (χ4n) is 13.2. The number of hydrogen-bond donors (Lipinski definition) is 0. The summed E-state index contributed by atoms with van der Waals surface area (Å²) in [5, 5.41) is 2.60. The molecule has 0 bridgehead atoms. The molecule has 5 aliphatic rings. The van der Waals surface area contributed by atoms with Gasteiger partial charge >= 0.3 is 0 Å². The topological polar surface area (TPSA) is 4.93 Å². The largest absolute Gasteiger partial charge is 0.309 e. The third kappa shape index (κ3) is 4.42. The summed E-state index contributed by atoms with van der Waals surface area (Å²) in [6.45, 7) is 7.14. The highest BCUT2D eigenvalue weighted by Crippen LogP contribution is 2.66. The van der Waals surface area contributed by atoms with Crippen molar-refractivity contribution in [3.63, 3.8) is 0 Å². The predicted molar refractivity (Wildman–Crippen MR) is 263 cm³/mol. The maximum atomic E-state index is 2.52. The molecule has 1 heterocycles. The molecule has 1 atom stereocenters. The van der Waals surface area contributed by atoms with Gasteiger partial charge in [0.2, 0.25) is 0 Å². The standard InChI is InChI=1S/C62H45N/c1-37-33-38-17-4-5-20-41(38)59-47(31-32-54-60(59)46-25-9-14-29-53(46)62(54)51-27-12-7-21-42(51)43-22-8-13-28-52(43)62)58(37)39-18-16-19-40(34-39)63-56-30-15-10-24-45(56)49-35-55-48(36-57(49)63)44-23-6-11-26-50(44)61(55,2)3/h4-12,14-27,29-32,34-36H,13,28,33H2,1-3H3. The van der Waals surface area contributed by atoms with Crippen LogP contribution in [0.25, 0.3) is 72.0 Å². The van der Waals surface area contributed by atoms with E-state index in [4.69, 9.17) is 0 Å². The molecule has 8 aromatic carbocycles. The van der Waals surface area contributed by atoms with E-state index >= 15 is 0 Å². The Kier molecular flexibility index (Phi) is 7.00. The average molecular weight is 804 g/mol. The molecule has 63 heavy (non-hydrogen) atoms. The van der Waals surface area contributed by atoms with Crippen LogP contribution < -0.4 is 0 Å². The number of benzene rings is 8. The average Bonchev–Trinajstić information content (AvgIpc) is 3.96. The van der Waals surface area contributed by atoms with Crippen molar-refractivity contribution in [1.82, 2.24) is 4.57 Å². The van der Waals surface area contributed by atoms with Crippen LogP contribution in [0.2, 0.25) is 0 Å². The second kappa shape index (κ2) is 12.5. The Hall–Kier alpha value is -7.22. The SMILES string of the molecule is CC1=C(c2cccc(-n3c4ccccc4c4cc5c(cc43)-c3ccccc3C5(C)C)c2)c2ccc3c(c2-c2ccccc2C1)-c1ccccc1C31C2=C(C=CCC2)c2ccccc21. The van der Waals surface area contributed by atoms with Gasteiger partial charge in [-0.2, -0.15) is 0 Å². The minimum Gasteiger partial charge on any atom is -0.309 e. The van der Waals surface area contributed by atoms with Crippen LogP contribution in [0.4, 0.5) is 0 Å². The number of allylic oxidation sites excluding steroid dienone is 5. The van der Waals surface area contributed by atoms with Crippen LogP contribution >= 0.6 is 0 Å². The van der Waals surface area contributed by atoms with E-state index in [-0.39, 0.29) is 10.8 Å². The van der Waals surface area contributed by atoms with Crippen LogP contribution in [0, 0.1) is 0 Å². The van der Waals surface area contributed by atoms with Crippen molar-refractivity contribution in [2.45, 2.75) is 50.9 Å². The molecule has 0 amide bonds. The normalized spacial score (nSPS) is 18.2. The van der Waals surface area contributed by atoms with Gasteiger partial charge in [-0.15, -0.1) is 0 Å². The monoisotopic (exact) mass is 803 g/mol. The Morgan fingerprint density at radius 3 is 2.06 bits per heavy atom. The first-order valence-corrected chi connectivity index (χ1v) is 22.8. The Labute approximate surface area is 369 Å². The molecule has 0 radical (unpaired) electrons. The minimum atomic E-state index is -0.315. The van der Waals surface area contributed by atoms with Gasteiger partial charge in [0.05, 0.1) is 16.4 Å². The first-order valence-electron chi connectivity index (χ1n) is 22.8. The van der Waals surface area contributed by atoms with Crippen molar-refractivity contribution < 1.29 is 0 Å². The van der Waals surface area contributed by atoms with Gasteiger partial charge in [-0.25, -0.2) is 0 Å². The van der Waals surface area contributed by atoms with Gasteiger partial charge < -0.3 is 4.57 Å². The Morgan fingerprint density at radius 1 is 0.492 bits per heavy atom. The lowest BCUT2D eigenvalue weighted by Crippen LogP contribution is -2.27. The van der Waals surface area contributed by atoms with E-state index in [9.17, 15) is 0 Å². The molecule has 14 rings (SSSR count). The summed E-state index contributed by atoms with van der Waals surface area (Å²) in [5.74, 6) is 0. The molecule has 0 saturated carbocycles. The second-order valence-electron chi connectivity index (χ2n) is 19.1. The van der Waals surface area contributed by atoms with Crippen molar-refractivity contribution >= 4 is 33.0 Å². The van der Waals surface area contributed by atoms with E-state index in [0.29, 0.717) is 0 Å². The fourth-order valence-corrected chi connectivity index (χ4v) is 13.2. The lowest BCUT2D eigenvalue weighted by Gasteiger charge is -2.33. The third-order valence-electron chi connectivity index (χ3n) is 15.7. The van der Waals surface area contributed by atoms with Crippen molar-refractivity contribution in [3.8, 4) is 39.1 Å². The summed E-state index contributed by atoms with van der Waals surface area (Å²) >= 11 is 0. The molecule has 0 fully saturated rings. The number of aromatic nitrogens is 1. The Morgan fingerprint density at radius 2 is 1.21 bits per heavy atom. The number of fused-ring (bicyclic) bond motifs is 19. The molecule has 1 spiro atoms. The minimum absolute atomic E-state index is 0.0636. The van der Waals surface area contributed by atoms with Gasteiger partial charge in [-0.05, 0) is 157 Å². The first-order chi connectivity index (χ1) is 30.9. The van der Waals surface area contributed by atoms with E-state index in [1.807, 2.05) is 0 Å². The highest BCUT2D eigenvalue weighted by atomic mass is 15.0. The van der Waals surface area contributed by atoms with Crippen LogP contribution in [0.1, 0.15) is 83.7 Å². The molecule has 0 aliphatic heterocycles. The zero-order chi connectivity index (χ0) is 41.8. The molecule has 9 aromatic rings. The van der Waals surface area contributed by atoms with Gasteiger partial charge in [-0.1, -0.05) is 171 Å². The van der Waals surface area contributed by atoms with E-state index < -0.39 is 0 Å². The Balaban J connectivity index is 1.02. The molecule has 1 unspecified atom stereocenters. The fraction of sp³-hybridized carbons (Fsp3) is 0.129. The highest BCUT2D eigenvalue weighted by Gasteiger charge is 2.53. The van der Waals surface area contributed by atoms with Crippen LogP contribution in [0.3, 0.4) is 0 Å². The van der Waals surface area contributed by atoms with Crippen LogP contribution in [0.15, 0.2) is 193 Å². The first kappa shape index (κ1) is 35.4. The lowest BCUT2D eigenvalue weighted by atomic mass is 9.67. The van der Waals surface area contributed by atoms with E-state index in [2.05, 4.69) is 207 Å².